The summed E-state index contributed by atoms with van der Waals surface area (Å²) in [5.74, 6) is 0.145. The highest BCUT2D eigenvalue weighted by molar-refractivity contribution is 6.33. The average molecular weight is 316 g/mol. The number of nitrogens with one attached hydrogen (secondary N) is 1. The maximum absolute atomic E-state index is 12.3. The number of rotatable bonds is 3. The number of anilines is 2. The SMILES string of the molecule is Nc1ccnc(NC(=O)c2cnoc2-c2ccccc2Cl)n1. The van der Waals surface area contributed by atoms with E-state index in [1.807, 2.05) is 0 Å². The van der Waals surface area contributed by atoms with Crippen LogP contribution in [0.2, 0.25) is 5.02 Å². The van der Waals surface area contributed by atoms with Crippen LogP contribution in [0.1, 0.15) is 10.4 Å². The first kappa shape index (κ1) is 14.0. The van der Waals surface area contributed by atoms with E-state index in [1.165, 1.54) is 18.5 Å². The van der Waals surface area contributed by atoms with Crippen LogP contribution in [-0.4, -0.2) is 21.0 Å². The summed E-state index contributed by atoms with van der Waals surface area (Å²) >= 11 is 6.11. The van der Waals surface area contributed by atoms with Crippen molar-refractivity contribution in [2.24, 2.45) is 0 Å². The van der Waals surface area contributed by atoms with Crippen LogP contribution >= 0.6 is 11.6 Å². The first-order valence-corrected chi connectivity index (χ1v) is 6.62. The Bertz CT molecular complexity index is 833. The van der Waals surface area contributed by atoms with Crippen molar-refractivity contribution in [3.05, 3.63) is 53.3 Å². The third-order valence-electron chi connectivity index (χ3n) is 2.84. The van der Waals surface area contributed by atoms with E-state index in [9.17, 15) is 4.79 Å². The molecule has 1 aromatic carbocycles. The van der Waals surface area contributed by atoms with Gasteiger partial charge in [-0.1, -0.05) is 28.9 Å². The molecule has 110 valence electrons. The lowest BCUT2D eigenvalue weighted by atomic mass is 10.1. The van der Waals surface area contributed by atoms with Crippen LogP contribution in [0.4, 0.5) is 11.8 Å². The number of halogens is 1. The predicted molar refractivity (Wildman–Crippen MR) is 81.3 cm³/mol. The van der Waals surface area contributed by atoms with Crippen LogP contribution in [-0.2, 0) is 0 Å². The van der Waals surface area contributed by atoms with Crippen LogP contribution in [0.5, 0.6) is 0 Å². The number of amides is 1. The highest BCUT2D eigenvalue weighted by Gasteiger charge is 2.20. The fourth-order valence-electron chi connectivity index (χ4n) is 1.84. The number of nitrogens with two attached hydrogens (primary N) is 1. The third-order valence-corrected chi connectivity index (χ3v) is 3.17. The molecule has 8 heteroatoms. The van der Waals surface area contributed by atoms with E-state index in [0.29, 0.717) is 10.6 Å². The van der Waals surface area contributed by atoms with Crippen molar-refractivity contribution >= 4 is 29.3 Å². The van der Waals surface area contributed by atoms with Gasteiger partial charge in [-0.25, -0.2) is 4.98 Å². The molecule has 7 nitrogen and oxygen atoms in total. The Morgan fingerprint density at radius 3 is 2.86 bits per heavy atom. The van der Waals surface area contributed by atoms with E-state index < -0.39 is 5.91 Å². The van der Waals surface area contributed by atoms with Crippen LogP contribution in [0.15, 0.2) is 47.2 Å². The van der Waals surface area contributed by atoms with E-state index in [0.717, 1.165) is 0 Å². The molecule has 0 atom stereocenters. The summed E-state index contributed by atoms with van der Waals surface area (Å²) in [6.07, 6.45) is 2.75. The molecular weight excluding hydrogens is 306 g/mol. The lowest BCUT2D eigenvalue weighted by molar-refractivity contribution is 0.102. The van der Waals surface area contributed by atoms with Crippen molar-refractivity contribution in [3.63, 3.8) is 0 Å². The molecule has 0 aliphatic rings. The molecule has 3 rings (SSSR count). The summed E-state index contributed by atoms with van der Waals surface area (Å²) in [4.78, 5) is 20.1. The van der Waals surface area contributed by atoms with E-state index in [2.05, 4.69) is 20.4 Å². The molecule has 0 saturated carbocycles. The van der Waals surface area contributed by atoms with Crippen molar-refractivity contribution in [2.75, 3.05) is 11.1 Å². The molecular formula is C14H10ClN5O2. The third kappa shape index (κ3) is 2.75. The fraction of sp³-hybridized carbons (Fsp3) is 0. The summed E-state index contributed by atoms with van der Waals surface area (Å²) in [5.41, 5.74) is 6.33. The van der Waals surface area contributed by atoms with E-state index in [-0.39, 0.29) is 23.1 Å². The summed E-state index contributed by atoms with van der Waals surface area (Å²) in [5, 5.41) is 6.64. The molecule has 22 heavy (non-hydrogen) atoms. The summed E-state index contributed by atoms with van der Waals surface area (Å²) < 4.78 is 5.15. The molecule has 3 aromatic rings. The molecule has 2 heterocycles. The molecule has 3 N–H and O–H groups in total. The minimum Gasteiger partial charge on any atom is -0.384 e. The van der Waals surface area contributed by atoms with E-state index in [4.69, 9.17) is 21.9 Å². The second kappa shape index (κ2) is 5.82. The fourth-order valence-corrected chi connectivity index (χ4v) is 2.06. The molecule has 0 saturated heterocycles. The lowest BCUT2D eigenvalue weighted by Gasteiger charge is -2.04. The Morgan fingerprint density at radius 2 is 2.09 bits per heavy atom. The molecule has 0 aliphatic carbocycles. The Morgan fingerprint density at radius 1 is 1.27 bits per heavy atom. The van der Waals surface area contributed by atoms with Gasteiger partial charge >= 0.3 is 0 Å². The maximum atomic E-state index is 12.3. The van der Waals surface area contributed by atoms with E-state index in [1.54, 1.807) is 24.3 Å². The molecule has 0 fully saturated rings. The van der Waals surface area contributed by atoms with Gasteiger partial charge in [-0.2, -0.15) is 4.98 Å². The number of benzene rings is 1. The van der Waals surface area contributed by atoms with Gasteiger partial charge < -0.3 is 10.3 Å². The predicted octanol–water partition coefficient (Wildman–Crippen LogP) is 2.62. The van der Waals surface area contributed by atoms with Crippen molar-refractivity contribution in [3.8, 4) is 11.3 Å². The number of carbonyl (C=O) groups excluding carboxylic acids is 1. The van der Waals surface area contributed by atoms with Gasteiger partial charge in [-0.3, -0.25) is 10.1 Å². The second-order valence-corrected chi connectivity index (χ2v) is 4.71. The topological polar surface area (TPSA) is 107 Å². The highest BCUT2D eigenvalue weighted by atomic mass is 35.5. The lowest BCUT2D eigenvalue weighted by Crippen LogP contribution is -2.14. The minimum atomic E-state index is -0.471. The standard InChI is InChI=1S/C14H10ClN5O2/c15-10-4-2-1-3-8(10)12-9(7-18-22-12)13(21)20-14-17-6-5-11(16)19-14/h1-7H,(H3,16,17,19,20,21). The van der Waals surface area contributed by atoms with Crippen LogP contribution in [0, 0.1) is 0 Å². The Labute approximate surface area is 130 Å². The number of nitrogens with zero attached hydrogens (tertiary/aromatic N) is 3. The van der Waals surface area contributed by atoms with Gasteiger partial charge in [-0.05, 0) is 18.2 Å². The number of aromatic nitrogens is 3. The van der Waals surface area contributed by atoms with Gasteiger partial charge in [0.1, 0.15) is 11.4 Å². The molecule has 0 spiro atoms. The number of nitrogen functional groups attached to an aromatic ring is 1. The Hall–Kier alpha value is -2.93. The largest absolute Gasteiger partial charge is 0.384 e. The van der Waals surface area contributed by atoms with Gasteiger partial charge in [0.25, 0.3) is 5.91 Å². The monoisotopic (exact) mass is 315 g/mol. The smallest absolute Gasteiger partial charge is 0.263 e. The zero-order valence-electron chi connectivity index (χ0n) is 11.2. The van der Waals surface area contributed by atoms with Crippen molar-refractivity contribution in [2.45, 2.75) is 0 Å². The van der Waals surface area contributed by atoms with Crippen LogP contribution in [0.3, 0.4) is 0 Å². The number of hydrogen-bond donors (Lipinski definition) is 2. The minimum absolute atomic E-state index is 0.0938. The highest BCUT2D eigenvalue weighted by Crippen LogP contribution is 2.30. The van der Waals surface area contributed by atoms with Gasteiger partial charge in [0.15, 0.2) is 5.76 Å². The molecule has 2 aromatic heterocycles. The zero-order chi connectivity index (χ0) is 15.5. The van der Waals surface area contributed by atoms with Gasteiger partial charge in [0.2, 0.25) is 5.95 Å². The molecule has 0 bridgehead atoms. The van der Waals surface area contributed by atoms with Gasteiger partial charge in [-0.15, -0.1) is 0 Å². The van der Waals surface area contributed by atoms with Crippen molar-refractivity contribution < 1.29 is 9.32 Å². The number of hydrogen-bond acceptors (Lipinski definition) is 6. The maximum Gasteiger partial charge on any atom is 0.263 e. The summed E-state index contributed by atoms with van der Waals surface area (Å²) in [7, 11) is 0. The first-order chi connectivity index (χ1) is 10.6. The van der Waals surface area contributed by atoms with Gasteiger partial charge in [0.05, 0.1) is 11.2 Å². The first-order valence-electron chi connectivity index (χ1n) is 6.24. The van der Waals surface area contributed by atoms with Crippen molar-refractivity contribution in [1.82, 2.24) is 15.1 Å². The second-order valence-electron chi connectivity index (χ2n) is 4.31. The summed E-state index contributed by atoms with van der Waals surface area (Å²) in [6, 6.07) is 8.51. The molecule has 0 aliphatic heterocycles. The number of carbonyl (C=O) groups is 1. The molecule has 0 unspecified atom stereocenters. The quantitative estimate of drug-likeness (QED) is 0.769. The average Bonchev–Trinajstić information content (AvgIpc) is 2.97. The normalized spacial score (nSPS) is 10.4. The summed E-state index contributed by atoms with van der Waals surface area (Å²) in [6.45, 7) is 0. The van der Waals surface area contributed by atoms with Crippen molar-refractivity contribution in [1.29, 1.82) is 0 Å². The molecule has 0 radical (unpaired) electrons. The Kier molecular flexibility index (Phi) is 3.71. The van der Waals surface area contributed by atoms with Gasteiger partial charge in [0, 0.05) is 11.8 Å². The Balaban J connectivity index is 1.92. The molecule has 1 amide bonds. The van der Waals surface area contributed by atoms with E-state index >= 15 is 0 Å². The van der Waals surface area contributed by atoms with Crippen LogP contribution < -0.4 is 11.1 Å². The zero-order valence-corrected chi connectivity index (χ0v) is 11.9. The van der Waals surface area contributed by atoms with Crippen LogP contribution in [0.25, 0.3) is 11.3 Å².